The van der Waals surface area contributed by atoms with Crippen LogP contribution in [-0.4, -0.2) is 39.1 Å². The van der Waals surface area contributed by atoms with Gasteiger partial charge in [0.2, 0.25) is 11.8 Å². The summed E-state index contributed by atoms with van der Waals surface area (Å²) in [5, 5.41) is 8.87. The van der Waals surface area contributed by atoms with E-state index >= 15 is 0 Å². The van der Waals surface area contributed by atoms with Crippen LogP contribution < -0.4 is 10.9 Å². The van der Waals surface area contributed by atoms with Crippen LogP contribution in [0.25, 0.3) is 10.8 Å². The minimum atomic E-state index is -0.633. The summed E-state index contributed by atoms with van der Waals surface area (Å²) in [5.74, 6) is -0.621. The fourth-order valence-electron chi connectivity index (χ4n) is 3.76. The number of nitrogens with zero attached hydrogens (tertiary/aromatic N) is 3. The van der Waals surface area contributed by atoms with Crippen LogP contribution in [0, 0.1) is 0 Å². The number of likely N-dealkylation sites (tertiary alicyclic amines) is 1. The Balaban J connectivity index is 1.52. The molecule has 1 N–H and O–H groups in total. The molecule has 2 heterocycles. The normalized spacial score (nSPS) is 16.3. The summed E-state index contributed by atoms with van der Waals surface area (Å²) in [6.07, 6.45) is 3.73. The van der Waals surface area contributed by atoms with Gasteiger partial charge in [0, 0.05) is 17.6 Å². The molecule has 9 heteroatoms. The minimum absolute atomic E-state index is 0.222. The van der Waals surface area contributed by atoms with E-state index in [4.69, 9.17) is 23.2 Å². The number of hydrogen-bond donors (Lipinski definition) is 1. The van der Waals surface area contributed by atoms with Gasteiger partial charge < -0.3 is 10.2 Å². The van der Waals surface area contributed by atoms with Crippen molar-refractivity contribution in [1.29, 1.82) is 0 Å². The highest BCUT2D eigenvalue weighted by Gasteiger charge is 2.32. The minimum Gasteiger partial charge on any atom is -0.329 e. The van der Waals surface area contributed by atoms with Gasteiger partial charge in [-0.05, 0) is 43.5 Å². The Morgan fingerprint density at radius 2 is 1.90 bits per heavy atom. The summed E-state index contributed by atoms with van der Waals surface area (Å²) in [6, 6.07) is 11.3. The third kappa shape index (κ3) is 4.57. The molecule has 0 saturated carbocycles. The first-order valence-corrected chi connectivity index (χ1v) is 10.7. The van der Waals surface area contributed by atoms with Gasteiger partial charge in [0.1, 0.15) is 12.6 Å². The predicted octanol–water partition coefficient (Wildman–Crippen LogP) is 3.72. The van der Waals surface area contributed by atoms with Gasteiger partial charge in [-0.1, -0.05) is 41.4 Å². The number of amides is 2. The molecule has 2 aromatic carbocycles. The van der Waals surface area contributed by atoms with Gasteiger partial charge in [-0.2, -0.15) is 5.10 Å². The van der Waals surface area contributed by atoms with Crippen LogP contribution >= 0.6 is 23.2 Å². The van der Waals surface area contributed by atoms with Crippen molar-refractivity contribution >= 4 is 51.5 Å². The third-order valence-electron chi connectivity index (χ3n) is 5.36. The van der Waals surface area contributed by atoms with E-state index in [0.717, 1.165) is 17.5 Å². The maximum absolute atomic E-state index is 13.0. The topological polar surface area (TPSA) is 84.3 Å². The van der Waals surface area contributed by atoms with Gasteiger partial charge in [0.05, 0.1) is 21.6 Å². The number of nitrogens with one attached hydrogen (secondary N) is 1. The number of piperidine rings is 1. The molecule has 1 aromatic heterocycles. The second-order valence-electron chi connectivity index (χ2n) is 7.41. The van der Waals surface area contributed by atoms with Crippen LogP contribution in [0.15, 0.2) is 53.5 Å². The van der Waals surface area contributed by atoms with Gasteiger partial charge >= 0.3 is 0 Å². The summed E-state index contributed by atoms with van der Waals surface area (Å²) in [7, 11) is 0. The molecule has 2 amide bonds. The number of aromatic nitrogens is 2. The zero-order valence-electron chi connectivity index (χ0n) is 16.6. The summed E-state index contributed by atoms with van der Waals surface area (Å²) < 4.78 is 1.15. The molecule has 1 saturated heterocycles. The van der Waals surface area contributed by atoms with E-state index in [2.05, 4.69) is 10.4 Å². The number of rotatable bonds is 4. The van der Waals surface area contributed by atoms with Crippen molar-refractivity contribution in [2.45, 2.75) is 31.8 Å². The Labute approximate surface area is 188 Å². The predicted molar refractivity (Wildman–Crippen MR) is 120 cm³/mol. The maximum atomic E-state index is 13.0. The van der Waals surface area contributed by atoms with Gasteiger partial charge in [-0.15, -0.1) is 0 Å². The highest BCUT2D eigenvalue weighted by molar-refractivity contribution is 6.42. The van der Waals surface area contributed by atoms with Crippen molar-refractivity contribution in [2.24, 2.45) is 0 Å². The zero-order chi connectivity index (χ0) is 22.0. The third-order valence-corrected chi connectivity index (χ3v) is 6.10. The number of anilines is 1. The van der Waals surface area contributed by atoms with Crippen molar-refractivity contribution in [2.75, 3.05) is 11.9 Å². The van der Waals surface area contributed by atoms with E-state index in [1.165, 1.54) is 4.90 Å². The molecule has 0 spiro atoms. The highest BCUT2D eigenvalue weighted by Crippen LogP contribution is 2.26. The molecule has 3 aromatic rings. The summed E-state index contributed by atoms with van der Waals surface area (Å²) in [6.45, 7) is 0.223. The lowest BCUT2D eigenvalue weighted by Crippen LogP contribution is -2.51. The Kier molecular flexibility index (Phi) is 6.25. The monoisotopic (exact) mass is 458 g/mol. The van der Waals surface area contributed by atoms with Gasteiger partial charge in [-0.3, -0.25) is 14.4 Å². The summed E-state index contributed by atoms with van der Waals surface area (Å²) in [5.41, 5.74) is 0.171. The first-order chi connectivity index (χ1) is 14.9. The standard InChI is InChI=1S/C22H20Cl2N4O3/c23-17-9-8-15(11-18(17)24)26-21(30)19-7-3-4-10-27(19)20(29)13-28-22(31)16-6-2-1-5-14(16)12-25-28/h1-2,5-6,8-9,11-12,19H,3-4,7,10,13H2,(H,26,30). The van der Waals surface area contributed by atoms with Crippen molar-refractivity contribution in [1.82, 2.24) is 14.7 Å². The molecular formula is C22H20Cl2N4O3. The highest BCUT2D eigenvalue weighted by atomic mass is 35.5. The number of halogens is 2. The van der Waals surface area contributed by atoms with E-state index in [-0.39, 0.29) is 23.9 Å². The quantitative estimate of drug-likeness (QED) is 0.645. The molecular weight excluding hydrogens is 439 g/mol. The molecule has 1 fully saturated rings. The first kappa shape index (κ1) is 21.3. The molecule has 1 unspecified atom stereocenters. The number of fused-ring (bicyclic) bond motifs is 1. The Morgan fingerprint density at radius 3 is 2.71 bits per heavy atom. The zero-order valence-corrected chi connectivity index (χ0v) is 18.1. The van der Waals surface area contributed by atoms with E-state index in [0.29, 0.717) is 39.5 Å². The van der Waals surface area contributed by atoms with Crippen molar-refractivity contribution in [3.63, 3.8) is 0 Å². The average molecular weight is 459 g/mol. The Bertz CT molecular complexity index is 1210. The number of carbonyl (C=O) groups is 2. The molecule has 0 bridgehead atoms. The lowest BCUT2D eigenvalue weighted by molar-refractivity contribution is -0.141. The van der Waals surface area contributed by atoms with Crippen LogP contribution in [0.4, 0.5) is 5.69 Å². The number of hydrogen-bond acceptors (Lipinski definition) is 4. The van der Waals surface area contributed by atoms with Crippen LogP contribution in [0.2, 0.25) is 10.0 Å². The number of benzene rings is 2. The Morgan fingerprint density at radius 1 is 1.10 bits per heavy atom. The number of carbonyl (C=O) groups excluding carboxylic acids is 2. The largest absolute Gasteiger partial charge is 0.329 e. The van der Waals surface area contributed by atoms with Crippen LogP contribution in [0.5, 0.6) is 0 Å². The molecule has 1 atom stereocenters. The maximum Gasteiger partial charge on any atom is 0.275 e. The molecule has 0 radical (unpaired) electrons. The lowest BCUT2D eigenvalue weighted by atomic mass is 10.0. The van der Waals surface area contributed by atoms with Crippen molar-refractivity contribution in [3.05, 3.63) is 69.1 Å². The molecule has 1 aliphatic rings. The Hall–Kier alpha value is -2.90. The van der Waals surface area contributed by atoms with Gasteiger partial charge in [0.15, 0.2) is 0 Å². The molecule has 31 heavy (non-hydrogen) atoms. The molecule has 160 valence electrons. The van der Waals surface area contributed by atoms with E-state index < -0.39 is 6.04 Å². The van der Waals surface area contributed by atoms with Crippen molar-refractivity contribution < 1.29 is 9.59 Å². The second kappa shape index (κ2) is 9.08. The van der Waals surface area contributed by atoms with Crippen LogP contribution in [0.1, 0.15) is 19.3 Å². The van der Waals surface area contributed by atoms with Crippen molar-refractivity contribution in [3.8, 4) is 0 Å². The van der Waals surface area contributed by atoms with Gasteiger partial charge in [0.25, 0.3) is 5.56 Å². The lowest BCUT2D eigenvalue weighted by Gasteiger charge is -2.34. The summed E-state index contributed by atoms with van der Waals surface area (Å²) >= 11 is 11.9. The van der Waals surface area contributed by atoms with E-state index in [1.807, 2.05) is 6.07 Å². The molecule has 7 nitrogen and oxygen atoms in total. The van der Waals surface area contributed by atoms with Crippen LogP contribution in [0.3, 0.4) is 0 Å². The second-order valence-corrected chi connectivity index (χ2v) is 8.23. The van der Waals surface area contributed by atoms with E-state index in [1.54, 1.807) is 42.6 Å². The van der Waals surface area contributed by atoms with E-state index in [9.17, 15) is 14.4 Å². The molecule has 4 rings (SSSR count). The SMILES string of the molecule is O=C(Nc1ccc(Cl)c(Cl)c1)C1CCCCN1C(=O)Cn1ncc2ccccc2c1=O. The smallest absolute Gasteiger partial charge is 0.275 e. The van der Waals surface area contributed by atoms with Gasteiger partial charge in [-0.25, -0.2) is 4.68 Å². The first-order valence-electron chi connectivity index (χ1n) is 9.94. The fourth-order valence-corrected chi connectivity index (χ4v) is 4.06. The molecule has 1 aliphatic heterocycles. The average Bonchev–Trinajstić information content (AvgIpc) is 2.78. The molecule has 0 aliphatic carbocycles. The fraction of sp³-hybridized carbons (Fsp3) is 0.273. The van der Waals surface area contributed by atoms with Crippen LogP contribution in [-0.2, 0) is 16.1 Å². The summed E-state index contributed by atoms with van der Waals surface area (Å²) in [4.78, 5) is 40.2.